The molecule has 0 saturated carbocycles. The third kappa shape index (κ3) is 4.89. The maximum atomic E-state index is 11.5. The van der Waals surface area contributed by atoms with Crippen LogP contribution in [0, 0.1) is 0 Å². The first-order valence-electron chi connectivity index (χ1n) is 6.23. The molecule has 0 aliphatic heterocycles. The Kier molecular flexibility index (Phi) is 5.29. The number of ether oxygens (including phenoxy) is 1. The van der Waals surface area contributed by atoms with E-state index in [4.69, 9.17) is 16.3 Å². The highest BCUT2D eigenvalue weighted by atomic mass is 35.5. The van der Waals surface area contributed by atoms with Crippen LogP contribution in [0.3, 0.4) is 0 Å². The van der Waals surface area contributed by atoms with Crippen LogP contribution in [0.4, 0.5) is 4.79 Å². The number of nitrogens with zero attached hydrogens (tertiary/aromatic N) is 1. The largest absolute Gasteiger partial charge is 0.445 e. The van der Waals surface area contributed by atoms with E-state index in [1.165, 1.54) is 0 Å². The Morgan fingerprint density at radius 2 is 1.90 bits per heavy atom. The average Bonchev–Trinajstić information content (AvgIpc) is 2.52. The van der Waals surface area contributed by atoms with Gasteiger partial charge in [0.25, 0.3) is 5.24 Å². The number of hydrogen-bond donors (Lipinski definition) is 1. The Morgan fingerprint density at radius 1 is 1.14 bits per heavy atom. The van der Waals surface area contributed by atoms with Gasteiger partial charge in [-0.3, -0.25) is 9.78 Å². The number of benzene rings is 1. The minimum Gasteiger partial charge on any atom is -0.445 e. The number of carbonyl (C=O) groups is 2. The molecule has 0 unspecified atom stereocenters. The molecule has 1 aromatic heterocycles. The summed E-state index contributed by atoms with van der Waals surface area (Å²) in [6.45, 7) is 0.474. The zero-order chi connectivity index (χ0) is 15.1. The van der Waals surface area contributed by atoms with Crippen LogP contribution in [0.5, 0.6) is 0 Å². The molecule has 1 aromatic carbocycles. The number of nitrogens with one attached hydrogen (secondary N) is 1. The van der Waals surface area contributed by atoms with Crippen LogP contribution in [0.15, 0.2) is 48.8 Å². The summed E-state index contributed by atoms with van der Waals surface area (Å²) in [6.07, 6.45) is 2.77. The first kappa shape index (κ1) is 15.0. The quantitative estimate of drug-likeness (QED) is 0.862. The van der Waals surface area contributed by atoms with Crippen molar-refractivity contribution >= 4 is 22.9 Å². The molecule has 0 spiro atoms. The lowest BCUT2D eigenvalue weighted by atomic mass is 10.1. The van der Waals surface area contributed by atoms with Gasteiger partial charge in [-0.2, -0.15) is 0 Å². The molecule has 2 aromatic rings. The second-order valence-corrected chi connectivity index (χ2v) is 4.60. The summed E-state index contributed by atoms with van der Waals surface area (Å²) in [5.74, 6) is 0. The number of rotatable bonds is 5. The number of alkyl carbamates (subject to hydrolysis) is 1. The van der Waals surface area contributed by atoms with E-state index < -0.39 is 11.3 Å². The minimum atomic E-state index is -0.517. The van der Waals surface area contributed by atoms with E-state index in [9.17, 15) is 9.59 Å². The number of aromatic nitrogens is 1. The Balaban J connectivity index is 1.77. The fourth-order valence-electron chi connectivity index (χ4n) is 1.61. The minimum absolute atomic E-state index is 0.166. The Hall–Kier alpha value is -2.40. The summed E-state index contributed by atoms with van der Waals surface area (Å²) in [6, 6.07) is 10.2. The zero-order valence-electron chi connectivity index (χ0n) is 11.1. The summed E-state index contributed by atoms with van der Waals surface area (Å²) >= 11 is 5.35. The molecule has 108 valence electrons. The van der Waals surface area contributed by atoms with Gasteiger partial charge in [-0.1, -0.05) is 18.2 Å². The van der Waals surface area contributed by atoms with Gasteiger partial charge in [0.2, 0.25) is 0 Å². The first-order valence-corrected chi connectivity index (χ1v) is 6.61. The van der Waals surface area contributed by atoms with Crippen molar-refractivity contribution in [1.82, 2.24) is 10.3 Å². The smallest absolute Gasteiger partial charge is 0.407 e. The molecule has 0 aliphatic rings. The lowest BCUT2D eigenvalue weighted by molar-refractivity contribution is 0.108. The molecule has 0 fully saturated rings. The van der Waals surface area contributed by atoms with Crippen molar-refractivity contribution in [2.24, 2.45) is 0 Å². The van der Waals surface area contributed by atoms with Crippen molar-refractivity contribution in [2.45, 2.75) is 13.2 Å². The molecule has 0 saturated heterocycles. The first-order chi connectivity index (χ1) is 10.1. The molecule has 5 nitrogen and oxygen atoms in total. The third-order valence-electron chi connectivity index (χ3n) is 2.71. The van der Waals surface area contributed by atoms with Gasteiger partial charge in [0.05, 0.1) is 0 Å². The van der Waals surface area contributed by atoms with Crippen molar-refractivity contribution in [1.29, 1.82) is 0 Å². The second-order valence-electron chi connectivity index (χ2n) is 4.26. The topological polar surface area (TPSA) is 68.3 Å². The predicted octanol–water partition coefficient (Wildman–Crippen LogP) is 2.89. The normalized spacial score (nSPS) is 9.95. The van der Waals surface area contributed by atoms with E-state index in [-0.39, 0.29) is 6.61 Å². The summed E-state index contributed by atoms with van der Waals surface area (Å²) in [5.41, 5.74) is 2.08. The highest BCUT2D eigenvalue weighted by Crippen LogP contribution is 2.07. The van der Waals surface area contributed by atoms with Crippen LogP contribution in [0.2, 0.25) is 0 Å². The van der Waals surface area contributed by atoms with E-state index in [0.29, 0.717) is 12.1 Å². The van der Waals surface area contributed by atoms with Gasteiger partial charge < -0.3 is 10.1 Å². The van der Waals surface area contributed by atoms with Gasteiger partial charge in [-0.15, -0.1) is 0 Å². The van der Waals surface area contributed by atoms with Gasteiger partial charge in [0, 0.05) is 30.1 Å². The summed E-state index contributed by atoms with van der Waals surface area (Å²) < 4.78 is 5.05. The number of halogens is 1. The summed E-state index contributed by atoms with van der Waals surface area (Å²) in [5, 5.41) is 2.11. The van der Waals surface area contributed by atoms with Crippen molar-refractivity contribution in [2.75, 3.05) is 0 Å². The molecule has 1 heterocycles. The van der Waals surface area contributed by atoms with Gasteiger partial charge in [0.1, 0.15) is 6.61 Å². The molecule has 0 atom stereocenters. The number of hydrogen-bond acceptors (Lipinski definition) is 4. The number of pyridine rings is 1. The van der Waals surface area contributed by atoms with Gasteiger partial charge >= 0.3 is 6.09 Å². The molecular weight excluding hydrogens is 292 g/mol. The molecule has 0 bridgehead atoms. The van der Waals surface area contributed by atoms with E-state index in [2.05, 4.69) is 10.3 Å². The van der Waals surface area contributed by atoms with Crippen molar-refractivity contribution < 1.29 is 14.3 Å². The van der Waals surface area contributed by atoms with Gasteiger partial charge in [-0.05, 0) is 35.4 Å². The van der Waals surface area contributed by atoms with Crippen LogP contribution < -0.4 is 5.32 Å². The lowest BCUT2D eigenvalue weighted by Gasteiger charge is -2.07. The third-order valence-corrected chi connectivity index (χ3v) is 2.93. The Labute approximate surface area is 126 Å². The fourth-order valence-corrected chi connectivity index (χ4v) is 1.74. The molecule has 0 radical (unpaired) electrons. The van der Waals surface area contributed by atoms with E-state index in [1.807, 2.05) is 6.07 Å². The van der Waals surface area contributed by atoms with E-state index in [1.54, 1.807) is 42.7 Å². The van der Waals surface area contributed by atoms with Crippen LogP contribution >= 0.6 is 11.6 Å². The number of carbonyl (C=O) groups excluding carboxylic acids is 2. The SMILES string of the molecule is O=C(NCc1ccc(C(=O)Cl)cc1)OCc1cccnc1. The van der Waals surface area contributed by atoms with Gasteiger partial charge in [-0.25, -0.2) is 4.79 Å². The van der Waals surface area contributed by atoms with Crippen molar-refractivity contribution in [3.63, 3.8) is 0 Å². The van der Waals surface area contributed by atoms with Crippen LogP contribution in [0.1, 0.15) is 21.5 Å². The predicted molar refractivity (Wildman–Crippen MR) is 77.9 cm³/mol. The Morgan fingerprint density at radius 3 is 2.52 bits per heavy atom. The highest BCUT2D eigenvalue weighted by molar-refractivity contribution is 6.67. The maximum absolute atomic E-state index is 11.5. The molecule has 0 aliphatic carbocycles. The zero-order valence-corrected chi connectivity index (χ0v) is 11.8. The fraction of sp³-hybridized carbons (Fsp3) is 0.133. The second kappa shape index (κ2) is 7.40. The monoisotopic (exact) mass is 304 g/mol. The molecule has 2 rings (SSSR count). The Bertz CT molecular complexity index is 615. The van der Waals surface area contributed by atoms with Gasteiger partial charge in [0.15, 0.2) is 0 Å². The molecule has 6 heteroatoms. The molecule has 1 amide bonds. The average molecular weight is 305 g/mol. The van der Waals surface area contributed by atoms with Crippen LogP contribution in [0.25, 0.3) is 0 Å². The molecule has 1 N–H and O–H groups in total. The summed E-state index contributed by atoms with van der Waals surface area (Å²) in [7, 11) is 0. The van der Waals surface area contributed by atoms with E-state index in [0.717, 1.165) is 11.1 Å². The van der Waals surface area contributed by atoms with Crippen molar-refractivity contribution in [3.05, 3.63) is 65.5 Å². The lowest BCUT2D eigenvalue weighted by Crippen LogP contribution is -2.23. The standard InChI is InChI=1S/C15H13ClN2O3/c16-14(19)13-5-3-11(4-6-13)9-18-15(20)21-10-12-2-1-7-17-8-12/h1-8H,9-10H2,(H,18,20). The number of amides is 1. The maximum Gasteiger partial charge on any atom is 0.407 e. The van der Waals surface area contributed by atoms with Crippen LogP contribution in [-0.4, -0.2) is 16.3 Å². The van der Waals surface area contributed by atoms with Crippen molar-refractivity contribution in [3.8, 4) is 0 Å². The highest BCUT2D eigenvalue weighted by Gasteiger charge is 2.04. The molecule has 21 heavy (non-hydrogen) atoms. The van der Waals surface area contributed by atoms with E-state index >= 15 is 0 Å². The molecular formula is C15H13ClN2O3. The summed E-state index contributed by atoms with van der Waals surface area (Å²) in [4.78, 5) is 26.4. The van der Waals surface area contributed by atoms with Crippen LogP contribution in [-0.2, 0) is 17.9 Å².